The van der Waals surface area contributed by atoms with E-state index in [-0.39, 0.29) is 39.8 Å². The van der Waals surface area contributed by atoms with Crippen LogP contribution in [0.15, 0.2) is 29.4 Å². The van der Waals surface area contributed by atoms with Gasteiger partial charge in [0.25, 0.3) is 5.91 Å². The molecule has 0 fully saturated rings. The Morgan fingerprint density at radius 3 is 2.51 bits per heavy atom. The molecule has 0 saturated carbocycles. The van der Waals surface area contributed by atoms with Gasteiger partial charge in [0.05, 0.1) is 22.8 Å². The fourth-order valence-corrected chi connectivity index (χ4v) is 5.04. The Morgan fingerprint density at radius 1 is 1.20 bits per heavy atom. The van der Waals surface area contributed by atoms with E-state index in [4.69, 9.17) is 15.2 Å². The summed E-state index contributed by atoms with van der Waals surface area (Å²) in [6.45, 7) is 7.30. The summed E-state index contributed by atoms with van der Waals surface area (Å²) in [6, 6.07) is 7.71. The molecule has 3 N–H and O–H groups in total. The standard InChI is InChI=1S/C23H27N5O5S2/c1-6-32-22(31)17-13(3)18(19(24)30)35-21(17)25-16(29)11-34-23-27-26-20(28(23)5)14(4)33-15-9-7-12(2)8-10-15/h7-10,14H,6,11H2,1-5H3,(H2,24,30)(H,25,29). The molecule has 0 bridgehead atoms. The number of primary amides is 1. The van der Waals surface area contributed by atoms with Crippen molar-refractivity contribution in [3.05, 3.63) is 51.7 Å². The van der Waals surface area contributed by atoms with Gasteiger partial charge in [-0.1, -0.05) is 29.5 Å². The SMILES string of the molecule is CCOC(=O)c1c(NC(=O)CSc2nnc(C(C)Oc3ccc(C)cc3)n2C)sc(C(N)=O)c1C. The van der Waals surface area contributed by atoms with Gasteiger partial charge in [-0.15, -0.1) is 21.5 Å². The van der Waals surface area contributed by atoms with Crippen LogP contribution in [0.1, 0.15) is 56.9 Å². The highest BCUT2D eigenvalue weighted by molar-refractivity contribution is 7.99. The van der Waals surface area contributed by atoms with E-state index < -0.39 is 11.9 Å². The van der Waals surface area contributed by atoms with E-state index >= 15 is 0 Å². The largest absolute Gasteiger partial charge is 0.483 e. The third-order valence-corrected chi connectivity index (χ3v) is 7.24. The molecule has 0 radical (unpaired) electrons. The third-order valence-electron chi connectivity index (χ3n) is 5.00. The number of benzene rings is 1. The molecule has 1 unspecified atom stereocenters. The number of anilines is 1. The summed E-state index contributed by atoms with van der Waals surface area (Å²) < 4.78 is 12.8. The van der Waals surface area contributed by atoms with Crippen LogP contribution >= 0.6 is 23.1 Å². The maximum Gasteiger partial charge on any atom is 0.341 e. The number of hydrogen-bond donors (Lipinski definition) is 2. The number of esters is 1. The lowest BCUT2D eigenvalue weighted by molar-refractivity contribution is -0.113. The van der Waals surface area contributed by atoms with Gasteiger partial charge in [-0.2, -0.15) is 0 Å². The van der Waals surface area contributed by atoms with Crippen LogP contribution in [0.25, 0.3) is 0 Å². The highest BCUT2D eigenvalue weighted by Gasteiger charge is 2.26. The summed E-state index contributed by atoms with van der Waals surface area (Å²) in [7, 11) is 1.80. The molecular formula is C23H27N5O5S2. The van der Waals surface area contributed by atoms with E-state index in [2.05, 4.69) is 15.5 Å². The second kappa shape index (κ2) is 11.4. The average molecular weight is 518 g/mol. The van der Waals surface area contributed by atoms with Crippen LogP contribution in [-0.2, 0) is 16.6 Å². The zero-order valence-electron chi connectivity index (χ0n) is 20.1. The average Bonchev–Trinajstić information content (AvgIpc) is 3.33. The van der Waals surface area contributed by atoms with Crippen LogP contribution in [0.4, 0.5) is 5.00 Å². The molecule has 2 aromatic heterocycles. The van der Waals surface area contributed by atoms with E-state index in [0.29, 0.717) is 16.5 Å². The van der Waals surface area contributed by atoms with Gasteiger partial charge in [0.2, 0.25) is 5.91 Å². The predicted octanol–water partition coefficient (Wildman–Crippen LogP) is 3.64. The van der Waals surface area contributed by atoms with E-state index in [1.165, 1.54) is 11.8 Å². The van der Waals surface area contributed by atoms with Gasteiger partial charge in [-0.25, -0.2) is 4.79 Å². The molecule has 12 heteroatoms. The second-order valence-electron chi connectivity index (χ2n) is 7.65. The van der Waals surface area contributed by atoms with Crippen LogP contribution in [0.3, 0.4) is 0 Å². The molecule has 1 atom stereocenters. The molecule has 0 spiro atoms. The van der Waals surface area contributed by atoms with Gasteiger partial charge in [0.1, 0.15) is 10.8 Å². The zero-order chi connectivity index (χ0) is 25.7. The van der Waals surface area contributed by atoms with Gasteiger partial charge in [-0.05, 0) is 45.4 Å². The summed E-state index contributed by atoms with van der Waals surface area (Å²) in [5.41, 5.74) is 7.06. The number of thioether (sulfide) groups is 1. The Morgan fingerprint density at radius 2 is 1.89 bits per heavy atom. The van der Waals surface area contributed by atoms with Crippen LogP contribution in [0, 0.1) is 13.8 Å². The Hall–Kier alpha value is -3.38. The van der Waals surface area contributed by atoms with Crippen molar-refractivity contribution in [1.29, 1.82) is 0 Å². The normalized spacial score (nSPS) is 11.7. The minimum Gasteiger partial charge on any atom is -0.483 e. The van der Waals surface area contributed by atoms with Gasteiger partial charge < -0.3 is 25.1 Å². The smallest absolute Gasteiger partial charge is 0.341 e. The number of thiophene rings is 1. The summed E-state index contributed by atoms with van der Waals surface area (Å²) in [5.74, 6) is -0.355. The first kappa shape index (κ1) is 26.2. The highest BCUT2D eigenvalue weighted by Crippen LogP contribution is 2.34. The summed E-state index contributed by atoms with van der Waals surface area (Å²) >= 11 is 2.13. The summed E-state index contributed by atoms with van der Waals surface area (Å²) in [4.78, 5) is 37.0. The van der Waals surface area contributed by atoms with Crippen molar-refractivity contribution in [2.45, 2.75) is 39.0 Å². The molecule has 0 aliphatic heterocycles. The number of ether oxygens (including phenoxy) is 2. The van der Waals surface area contributed by atoms with Crippen molar-refractivity contribution >= 4 is 45.9 Å². The first-order valence-corrected chi connectivity index (χ1v) is 12.6. The monoisotopic (exact) mass is 517 g/mol. The minimum atomic E-state index is -0.679. The fourth-order valence-electron chi connectivity index (χ4n) is 3.26. The number of carbonyl (C=O) groups excluding carboxylic acids is 3. The van der Waals surface area contributed by atoms with Crippen molar-refractivity contribution in [2.24, 2.45) is 12.8 Å². The Labute approximate surface area is 211 Å². The number of amides is 2. The lowest BCUT2D eigenvalue weighted by Crippen LogP contribution is -2.17. The molecule has 1 aromatic carbocycles. The summed E-state index contributed by atoms with van der Waals surface area (Å²) in [6.07, 6.45) is -0.355. The molecule has 0 aliphatic carbocycles. The Balaban J connectivity index is 1.67. The first-order chi connectivity index (χ1) is 16.6. The maximum atomic E-state index is 12.7. The van der Waals surface area contributed by atoms with Gasteiger partial charge in [0, 0.05) is 7.05 Å². The molecule has 0 saturated heterocycles. The van der Waals surface area contributed by atoms with Crippen LogP contribution in [0.5, 0.6) is 5.75 Å². The van der Waals surface area contributed by atoms with Gasteiger partial charge in [-0.3, -0.25) is 9.59 Å². The van der Waals surface area contributed by atoms with Crippen LogP contribution in [0.2, 0.25) is 0 Å². The lowest BCUT2D eigenvalue weighted by Gasteiger charge is -2.14. The number of hydrogen-bond acceptors (Lipinski definition) is 9. The number of nitrogens with two attached hydrogens (primary N) is 1. The van der Waals surface area contributed by atoms with Crippen LogP contribution in [-0.4, -0.2) is 44.9 Å². The molecule has 186 valence electrons. The Kier molecular flexibility index (Phi) is 8.52. The lowest BCUT2D eigenvalue weighted by atomic mass is 10.1. The number of rotatable bonds is 10. The minimum absolute atomic E-state index is 0.00426. The molecule has 35 heavy (non-hydrogen) atoms. The van der Waals surface area contributed by atoms with Crippen molar-refractivity contribution < 1.29 is 23.9 Å². The molecule has 3 aromatic rings. The predicted molar refractivity (Wildman–Crippen MR) is 134 cm³/mol. The maximum absolute atomic E-state index is 12.7. The topological polar surface area (TPSA) is 138 Å². The van der Waals surface area contributed by atoms with E-state index in [1.807, 2.05) is 38.1 Å². The zero-order valence-corrected chi connectivity index (χ0v) is 21.7. The number of aryl methyl sites for hydroxylation is 1. The van der Waals surface area contributed by atoms with Crippen molar-refractivity contribution in [3.8, 4) is 5.75 Å². The molecule has 2 heterocycles. The van der Waals surface area contributed by atoms with Crippen LogP contribution < -0.4 is 15.8 Å². The highest BCUT2D eigenvalue weighted by atomic mass is 32.2. The van der Waals surface area contributed by atoms with Crippen molar-refractivity contribution in [2.75, 3.05) is 17.7 Å². The van der Waals surface area contributed by atoms with E-state index in [0.717, 1.165) is 22.6 Å². The molecule has 3 rings (SSSR count). The molecule has 0 aliphatic rings. The quantitative estimate of drug-likeness (QED) is 0.307. The number of nitrogens with zero attached hydrogens (tertiary/aromatic N) is 3. The van der Waals surface area contributed by atoms with Gasteiger partial charge >= 0.3 is 5.97 Å². The summed E-state index contributed by atoms with van der Waals surface area (Å²) in [5, 5.41) is 11.8. The van der Waals surface area contributed by atoms with Crippen molar-refractivity contribution in [3.63, 3.8) is 0 Å². The third kappa shape index (κ3) is 6.20. The molecule has 2 amide bonds. The number of nitrogens with one attached hydrogen (secondary N) is 1. The number of aromatic nitrogens is 3. The van der Waals surface area contributed by atoms with E-state index in [9.17, 15) is 14.4 Å². The molecule has 10 nitrogen and oxygen atoms in total. The first-order valence-electron chi connectivity index (χ1n) is 10.8. The Bertz CT molecular complexity index is 1240. The second-order valence-corrected chi connectivity index (χ2v) is 9.62. The number of carbonyl (C=O) groups is 3. The fraction of sp³-hybridized carbons (Fsp3) is 0.348. The van der Waals surface area contributed by atoms with Crippen molar-refractivity contribution in [1.82, 2.24) is 14.8 Å². The molecular weight excluding hydrogens is 490 g/mol. The van der Waals surface area contributed by atoms with E-state index in [1.54, 1.807) is 25.5 Å². The van der Waals surface area contributed by atoms with Gasteiger partial charge in [0.15, 0.2) is 17.1 Å².